The van der Waals surface area contributed by atoms with E-state index in [1.54, 1.807) is 6.08 Å². The van der Waals surface area contributed by atoms with E-state index < -0.39 is 5.91 Å². The van der Waals surface area contributed by atoms with Gasteiger partial charge < -0.3 is 10.1 Å². The van der Waals surface area contributed by atoms with E-state index in [1.165, 1.54) is 0 Å². The van der Waals surface area contributed by atoms with Gasteiger partial charge in [0, 0.05) is 16.3 Å². The highest BCUT2D eigenvalue weighted by molar-refractivity contribution is 14.1. The van der Waals surface area contributed by atoms with Crippen LogP contribution in [0.1, 0.15) is 22.3 Å². The standard InChI is InChI=1S/C25H19BrClIN2O2/c1-15-7-8-23(16(2)9-15)30-25(31)19(13-29)10-17-11-20(26)24(22(28)12-17)32-14-18-5-3-4-6-21(18)27/h3-12H,14H2,1-2H3,(H,30,31)/b19-10+. The van der Waals surface area contributed by atoms with Crippen LogP contribution in [0.25, 0.3) is 6.08 Å². The summed E-state index contributed by atoms with van der Waals surface area (Å²) in [6.45, 7) is 4.23. The second kappa shape index (κ2) is 11.0. The number of nitrogens with one attached hydrogen (secondary N) is 1. The molecule has 0 aromatic heterocycles. The molecular weight excluding hydrogens is 603 g/mol. The van der Waals surface area contributed by atoms with Gasteiger partial charge in [-0.15, -0.1) is 0 Å². The third-order valence-corrected chi connectivity index (χ3v) is 6.42. The number of halogens is 3. The predicted molar refractivity (Wildman–Crippen MR) is 141 cm³/mol. The fourth-order valence-electron chi connectivity index (χ4n) is 3.02. The van der Waals surface area contributed by atoms with E-state index in [4.69, 9.17) is 16.3 Å². The Balaban J connectivity index is 1.79. The highest BCUT2D eigenvalue weighted by Gasteiger charge is 2.14. The topological polar surface area (TPSA) is 62.1 Å². The van der Waals surface area contributed by atoms with Gasteiger partial charge in [-0.3, -0.25) is 4.79 Å². The normalized spacial score (nSPS) is 11.1. The van der Waals surface area contributed by atoms with Gasteiger partial charge in [-0.1, -0.05) is 47.5 Å². The van der Waals surface area contributed by atoms with E-state index in [-0.39, 0.29) is 5.57 Å². The van der Waals surface area contributed by atoms with Gasteiger partial charge in [0.05, 0.1) is 8.04 Å². The van der Waals surface area contributed by atoms with E-state index in [2.05, 4.69) is 43.8 Å². The summed E-state index contributed by atoms with van der Waals surface area (Å²) in [6.07, 6.45) is 1.56. The Labute approximate surface area is 214 Å². The number of nitriles is 1. The second-order valence-electron chi connectivity index (χ2n) is 7.14. The maximum absolute atomic E-state index is 12.7. The van der Waals surface area contributed by atoms with Crippen molar-refractivity contribution in [3.8, 4) is 11.8 Å². The average molecular weight is 622 g/mol. The number of rotatable bonds is 6. The minimum atomic E-state index is -0.454. The molecule has 0 atom stereocenters. The number of carbonyl (C=O) groups excluding carboxylic acids is 1. The maximum Gasteiger partial charge on any atom is 0.266 e. The van der Waals surface area contributed by atoms with E-state index in [0.29, 0.717) is 28.6 Å². The van der Waals surface area contributed by atoms with Crippen molar-refractivity contribution in [1.82, 2.24) is 0 Å². The molecule has 0 spiro atoms. The first-order valence-corrected chi connectivity index (χ1v) is 11.9. The molecule has 0 bridgehead atoms. The molecule has 0 heterocycles. The molecule has 162 valence electrons. The van der Waals surface area contributed by atoms with Crippen molar-refractivity contribution in [2.45, 2.75) is 20.5 Å². The zero-order chi connectivity index (χ0) is 23.3. The lowest BCUT2D eigenvalue weighted by Gasteiger charge is -2.12. The number of aryl methyl sites for hydroxylation is 2. The van der Waals surface area contributed by atoms with Gasteiger partial charge in [0.1, 0.15) is 24.0 Å². The number of hydrogen-bond acceptors (Lipinski definition) is 3. The quantitative estimate of drug-likeness (QED) is 0.177. The molecule has 3 aromatic carbocycles. The first-order valence-electron chi connectivity index (χ1n) is 9.64. The average Bonchev–Trinajstić information content (AvgIpc) is 2.74. The molecule has 32 heavy (non-hydrogen) atoms. The number of ether oxygens (including phenoxy) is 1. The molecule has 3 rings (SSSR count). The molecule has 1 N–H and O–H groups in total. The van der Waals surface area contributed by atoms with Gasteiger partial charge in [0.15, 0.2) is 0 Å². The maximum atomic E-state index is 12.7. The molecule has 1 amide bonds. The van der Waals surface area contributed by atoms with Crippen LogP contribution < -0.4 is 10.1 Å². The molecule has 0 aliphatic rings. The Morgan fingerprint density at radius 3 is 2.62 bits per heavy atom. The van der Waals surface area contributed by atoms with Crippen LogP contribution in [0.4, 0.5) is 5.69 Å². The third kappa shape index (κ3) is 6.12. The second-order valence-corrected chi connectivity index (χ2v) is 9.56. The molecule has 0 radical (unpaired) electrons. The lowest BCUT2D eigenvalue weighted by Crippen LogP contribution is -2.14. The SMILES string of the molecule is Cc1ccc(NC(=O)/C(C#N)=C/c2cc(Br)c(OCc3ccccc3Cl)c(I)c2)c(C)c1. The van der Waals surface area contributed by atoms with Crippen molar-refractivity contribution >= 4 is 67.8 Å². The van der Waals surface area contributed by atoms with Gasteiger partial charge in [-0.05, 0) is 93.8 Å². The van der Waals surface area contributed by atoms with Crippen LogP contribution in [0, 0.1) is 28.7 Å². The third-order valence-electron chi connectivity index (χ3n) is 4.66. The van der Waals surface area contributed by atoms with Crippen LogP contribution in [0.5, 0.6) is 5.75 Å². The zero-order valence-electron chi connectivity index (χ0n) is 17.4. The summed E-state index contributed by atoms with van der Waals surface area (Å²) in [5.41, 5.74) is 4.33. The molecule has 0 aliphatic heterocycles. The van der Waals surface area contributed by atoms with Crippen LogP contribution in [-0.4, -0.2) is 5.91 Å². The van der Waals surface area contributed by atoms with Crippen molar-refractivity contribution < 1.29 is 9.53 Å². The molecule has 0 saturated carbocycles. The van der Waals surface area contributed by atoms with Crippen LogP contribution in [0.15, 0.2) is 64.6 Å². The lowest BCUT2D eigenvalue weighted by atomic mass is 10.1. The van der Waals surface area contributed by atoms with Gasteiger partial charge in [-0.2, -0.15) is 5.26 Å². The summed E-state index contributed by atoms with van der Waals surface area (Å²) >= 11 is 11.9. The Morgan fingerprint density at radius 1 is 1.22 bits per heavy atom. The number of benzene rings is 3. The molecule has 3 aromatic rings. The van der Waals surface area contributed by atoms with E-state index in [9.17, 15) is 10.1 Å². The molecule has 0 saturated heterocycles. The van der Waals surface area contributed by atoms with Gasteiger partial charge in [-0.25, -0.2) is 0 Å². The Bertz CT molecular complexity index is 1230. The Kier molecular flexibility index (Phi) is 8.35. The van der Waals surface area contributed by atoms with Crippen molar-refractivity contribution in [2.75, 3.05) is 5.32 Å². The lowest BCUT2D eigenvalue weighted by molar-refractivity contribution is -0.112. The molecule has 0 aliphatic carbocycles. The molecular formula is C25H19BrClIN2O2. The number of carbonyl (C=O) groups is 1. The fourth-order valence-corrected chi connectivity index (χ4v) is 4.98. The number of amides is 1. The molecule has 0 fully saturated rings. The van der Waals surface area contributed by atoms with Crippen molar-refractivity contribution in [3.63, 3.8) is 0 Å². The molecule has 4 nitrogen and oxygen atoms in total. The van der Waals surface area contributed by atoms with Gasteiger partial charge in [0.2, 0.25) is 0 Å². The first kappa shape index (κ1) is 24.3. The van der Waals surface area contributed by atoms with Crippen LogP contribution >= 0.6 is 50.1 Å². The Hall–Kier alpha value is -2.34. The van der Waals surface area contributed by atoms with Crippen molar-refractivity contribution in [2.24, 2.45) is 0 Å². The summed E-state index contributed by atoms with van der Waals surface area (Å²) in [5, 5.41) is 13.0. The fraction of sp³-hybridized carbons (Fsp3) is 0.120. The van der Waals surface area contributed by atoms with Crippen LogP contribution in [0.2, 0.25) is 5.02 Å². The summed E-state index contributed by atoms with van der Waals surface area (Å²) in [7, 11) is 0. The number of nitrogens with zero attached hydrogens (tertiary/aromatic N) is 1. The summed E-state index contributed by atoms with van der Waals surface area (Å²) in [5.74, 6) is 0.213. The van der Waals surface area contributed by atoms with Gasteiger partial charge >= 0.3 is 0 Å². The minimum absolute atomic E-state index is 0.0115. The van der Waals surface area contributed by atoms with Crippen LogP contribution in [0.3, 0.4) is 0 Å². The first-order chi connectivity index (χ1) is 15.3. The number of hydrogen-bond donors (Lipinski definition) is 1. The smallest absolute Gasteiger partial charge is 0.266 e. The van der Waals surface area contributed by atoms with E-state index >= 15 is 0 Å². The van der Waals surface area contributed by atoms with Gasteiger partial charge in [0.25, 0.3) is 5.91 Å². The zero-order valence-corrected chi connectivity index (χ0v) is 21.9. The predicted octanol–water partition coefficient (Wildman–Crippen LogP) is 7.45. The summed E-state index contributed by atoms with van der Waals surface area (Å²) in [6, 6.07) is 18.9. The van der Waals surface area contributed by atoms with Crippen LogP contribution in [-0.2, 0) is 11.4 Å². The Morgan fingerprint density at radius 2 is 1.97 bits per heavy atom. The molecule has 0 unspecified atom stereocenters. The van der Waals surface area contributed by atoms with E-state index in [1.807, 2.05) is 74.5 Å². The minimum Gasteiger partial charge on any atom is -0.487 e. The molecule has 7 heteroatoms. The van der Waals surface area contributed by atoms with E-state index in [0.717, 1.165) is 24.7 Å². The summed E-state index contributed by atoms with van der Waals surface area (Å²) in [4.78, 5) is 12.7. The summed E-state index contributed by atoms with van der Waals surface area (Å²) < 4.78 is 7.52. The van der Waals surface area contributed by atoms with Crippen molar-refractivity contribution in [3.05, 3.63) is 95.5 Å². The highest BCUT2D eigenvalue weighted by Crippen LogP contribution is 2.34. The number of anilines is 1. The monoisotopic (exact) mass is 620 g/mol. The largest absolute Gasteiger partial charge is 0.487 e. The van der Waals surface area contributed by atoms with Crippen molar-refractivity contribution in [1.29, 1.82) is 5.26 Å². The highest BCUT2D eigenvalue weighted by atomic mass is 127.